The van der Waals surface area contributed by atoms with Gasteiger partial charge in [-0.15, -0.1) is 0 Å². The first-order valence-corrected chi connectivity index (χ1v) is 10.7. The van der Waals surface area contributed by atoms with E-state index in [0.717, 1.165) is 44.9 Å². The fraction of sp³-hybridized carbons (Fsp3) is 0.826. The lowest BCUT2D eigenvalue weighted by atomic mass is 9.44. The fourth-order valence-corrected chi connectivity index (χ4v) is 7.81. The molecule has 1 N–H and O–H groups in total. The lowest BCUT2D eigenvalue weighted by Crippen LogP contribution is -2.59. The molecule has 148 valence electrons. The van der Waals surface area contributed by atoms with Crippen molar-refractivity contribution in [1.82, 2.24) is 0 Å². The molecular weight excluding hydrogens is 338 g/mol. The van der Waals surface area contributed by atoms with Crippen molar-refractivity contribution in [2.24, 2.45) is 34.5 Å². The van der Waals surface area contributed by atoms with Crippen LogP contribution in [0.15, 0.2) is 11.6 Å². The number of allylic oxidation sites excluding steroid dienone is 2. The number of hydrogen-bond donors (Lipinski definition) is 1. The zero-order valence-electron chi connectivity index (χ0n) is 16.9. The molecule has 0 saturated heterocycles. The Balaban J connectivity index is 1.74. The first-order chi connectivity index (χ1) is 12.8. The van der Waals surface area contributed by atoms with E-state index in [1.54, 1.807) is 6.08 Å². The summed E-state index contributed by atoms with van der Waals surface area (Å²) >= 11 is 0. The maximum absolute atomic E-state index is 12.0. The molecule has 4 nitrogen and oxygen atoms in total. The van der Waals surface area contributed by atoms with Crippen LogP contribution in [-0.4, -0.2) is 23.3 Å². The minimum absolute atomic E-state index is 0.0195. The summed E-state index contributed by atoms with van der Waals surface area (Å²) in [5.41, 5.74) is 1.39. The summed E-state index contributed by atoms with van der Waals surface area (Å²) in [4.78, 5) is 12.0. The van der Waals surface area contributed by atoms with Crippen LogP contribution in [0.2, 0.25) is 0 Å². The fourth-order valence-electron chi connectivity index (χ4n) is 7.81. The van der Waals surface area contributed by atoms with Crippen LogP contribution in [0.1, 0.15) is 72.1 Å². The van der Waals surface area contributed by atoms with Crippen LogP contribution in [0.3, 0.4) is 0 Å². The number of ether oxygens (including phenoxy) is 1. The third-order valence-electron chi connectivity index (χ3n) is 8.95. The van der Waals surface area contributed by atoms with E-state index in [1.807, 2.05) is 0 Å². The number of esters is 1. The van der Waals surface area contributed by atoms with Crippen molar-refractivity contribution >= 4 is 5.97 Å². The lowest BCUT2D eigenvalue weighted by molar-refractivity contribution is -0.191. The molecule has 0 heterocycles. The van der Waals surface area contributed by atoms with Gasteiger partial charge in [-0.3, -0.25) is 4.79 Å². The van der Waals surface area contributed by atoms with Crippen LogP contribution < -0.4 is 0 Å². The molecule has 0 aromatic rings. The predicted molar refractivity (Wildman–Crippen MR) is 102 cm³/mol. The van der Waals surface area contributed by atoms with Gasteiger partial charge in [-0.05, 0) is 80.0 Å². The smallest absolute Gasteiger partial charge is 0.302 e. The second-order valence-corrected chi connectivity index (χ2v) is 10.1. The van der Waals surface area contributed by atoms with E-state index in [-0.39, 0.29) is 29.0 Å². The highest BCUT2D eigenvalue weighted by atomic mass is 16.5. The van der Waals surface area contributed by atoms with Gasteiger partial charge in [0.1, 0.15) is 6.10 Å². The van der Waals surface area contributed by atoms with Crippen molar-refractivity contribution in [2.45, 2.75) is 84.3 Å². The Kier molecular flexibility index (Phi) is 4.66. The number of carbonyl (C=O) groups is 1. The number of aliphatic hydroxyl groups excluding tert-OH is 1. The van der Waals surface area contributed by atoms with E-state index < -0.39 is 0 Å². The van der Waals surface area contributed by atoms with Gasteiger partial charge in [-0.25, -0.2) is 0 Å². The predicted octanol–water partition coefficient (Wildman–Crippen LogP) is 4.38. The Morgan fingerprint density at radius 1 is 1.30 bits per heavy atom. The molecule has 0 aliphatic heterocycles. The molecule has 8 atom stereocenters. The van der Waals surface area contributed by atoms with Gasteiger partial charge >= 0.3 is 5.97 Å². The molecule has 0 radical (unpaired) electrons. The number of nitrogens with zero attached hydrogens (tertiary/aromatic N) is 1. The van der Waals surface area contributed by atoms with Crippen LogP contribution in [0, 0.1) is 45.8 Å². The SMILES string of the molecule is CC(=O)O[C@H]1C[C@]2(C)C(=CC#N)CC[C@H]2[C@@H]2CC[C@H]3C[C@H](O)CC[C@]3(C)[C@H]21. The normalized spacial score (nSPS) is 50.3. The molecule has 0 unspecified atom stereocenters. The summed E-state index contributed by atoms with van der Waals surface area (Å²) < 4.78 is 5.99. The van der Waals surface area contributed by atoms with Crippen LogP contribution >= 0.6 is 0 Å². The molecule has 27 heavy (non-hydrogen) atoms. The molecule has 0 aromatic carbocycles. The first kappa shape index (κ1) is 19.0. The Morgan fingerprint density at radius 3 is 2.78 bits per heavy atom. The molecular formula is C23H33NO3. The Morgan fingerprint density at radius 2 is 2.07 bits per heavy atom. The van der Waals surface area contributed by atoms with Crippen molar-refractivity contribution in [1.29, 1.82) is 5.26 Å². The van der Waals surface area contributed by atoms with Gasteiger partial charge in [0.05, 0.1) is 12.2 Å². The summed E-state index contributed by atoms with van der Waals surface area (Å²) in [6.45, 7) is 6.23. The second-order valence-electron chi connectivity index (χ2n) is 10.1. The minimum atomic E-state index is -0.189. The van der Waals surface area contributed by atoms with Crippen LogP contribution in [0.4, 0.5) is 0 Å². The molecule has 0 amide bonds. The van der Waals surface area contributed by atoms with Crippen LogP contribution in [-0.2, 0) is 9.53 Å². The van der Waals surface area contributed by atoms with Gasteiger partial charge in [0.2, 0.25) is 0 Å². The average Bonchev–Trinajstić information content (AvgIpc) is 2.91. The number of hydrogen-bond acceptors (Lipinski definition) is 4. The zero-order valence-corrected chi connectivity index (χ0v) is 16.9. The third-order valence-corrected chi connectivity index (χ3v) is 8.95. The monoisotopic (exact) mass is 371 g/mol. The molecule has 4 heteroatoms. The van der Waals surface area contributed by atoms with Crippen LogP contribution in [0.5, 0.6) is 0 Å². The Bertz CT molecular complexity index is 694. The van der Waals surface area contributed by atoms with Gasteiger partial charge in [-0.1, -0.05) is 19.4 Å². The van der Waals surface area contributed by atoms with Crippen molar-refractivity contribution < 1.29 is 14.6 Å². The molecule has 4 fully saturated rings. The third kappa shape index (κ3) is 2.85. The summed E-state index contributed by atoms with van der Waals surface area (Å²) in [7, 11) is 0. The number of nitriles is 1. The standard InChI is InChI=1S/C23H33NO3/c1-14(25)27-20-13-23(3)15(9-11-24)5-7-19(23)18-6-4-16-12-17(26)8-10-22(16,2)21(18)20/h9,16-21,26H,4-8,10,12-13H2,1-3H3/t16-,17+,18-,19-,20-,21+,22-,23+/m0/s1. The van der Waals surface area contributed by atoms with E-state index in [4.69, 9.17) is 4.74 Å². The van der Waals surface area contributed by atoms with E-state index in [0.29, 0.717) is 23.7 Å². The van der Waals surface area contributed by atoms with Crippen molar-refractivity contribution in [3.8, 4) is 6.07 Å². The number of aliphatic hydroxyl groups is 1. The van der Waals surface area contributed by atoms with E-state index >= 15 is 0 Å². The Hall–Kier alpha value is -1.34. The van der Waals surface area contributed by atoms with E-state index in [2.05, 4.69) is 19.9 Å². The topological polar surface area (TPSA) is 70.3 Å². The molecule has 4 aliphatic rings. The lowest BCUT2D eigenvalue weighted by Gasteiger charge is -2.62. The Labute approximate surface area is 163 Å². The van der Waals surface area contributed by atoms with Crippen LogP contribution in [0.25, 0.3) is 0 Å². The number of fused-ring (bicyclic) bond motifs is 5. The van der Waals surface area contributed by atoms with Gasteiger partial charge in [0.25, 0.3) is 0 Å². The van der Waals surface area contributed by atoms with Gasteiger partial charge in [0.15, 0.2) is 0 Å². The summed E-state index contributed by atoms with van der Waals surface area (Å²) in [5, 5.41) is 19.5. The van der Waals surface area contributed by atoms with Gasteiger partial charge in [0, 0.05) is 18.9 Å². The maximum atomic E-state index is 12.0. The zero-order chi connectivity index (χ0) is 19.4. The highest BCUT2D eigenvalue weighted by molar-refractivity contribution is 5.66. The van der Waals surface area contributed by atoms with Gasteiger partial charge in [-0.2, -0.15) is 5.26 Å². The van der Waals surface area contributed by atoms with Crippen molar-refractivity contribution in [3.63, 3.8) is 0 Å². The summed E-state index contributed by atoms with van der Waals surface area (Å²) in [6.07, 6.45) is 9.65. The minimum Gasteiger partial charge on any atom is -0.462 e. The highest BCUT2D eigenvalue weighted by Crippen LogP contribution is 2.67. The molecule has 4 saturated carbocycles. The second kappa shape index (κ2) is 6.62. The molecule has 0 bridgehead atoms. The first-order valence-electron chi connectivity index (χ1n) is 10.7. The maximum Gasteiger partial charge on any atom is 0.302 e. The number of carbonyl (C=O) groups excluding carboxylic acids is 1. The number of rotatable bonds is 1. The highest BCUT2D eigenvalue weighted by Gasteiger charge is 2.63. The summed E-state index contributed by atoms with van der Waals surface area (Å²) in [5.74, 6) is 1.85. The average molecular weight is 372 g/mol. The molecule has 4 aliphatic carbocycles. The summed E-state index contributed by atoms with van der Waals surface area (Å²) in [6, 6.07) is 2.26. The molecule has 0 spiro atoms. The van der Waals surface area contributed by atoms with Gasteiger partial charge < -0.3 is 9.84 Å². The van der Waals surface area contributed by atoms with E-state index in [9.17, 15) is 15.2 Å². The molecule has 4 rings (SSSR count). The largest absolute Gasteiger partial charge is 0.462 e. The van der Waals surface area contributed by atoms with Crippen molar-refractivity contribution in [2.75, 3.05) is 0 Å². The quantitative estimate of drug-likeness (QED) is 0.548. The molecule has 0 aromatic heterocycles. The van der Waals surface area contributed by atoms with Crippen molar-refractivity contribution in [3.05, 3.63) is 11.6 Å². The van der Waals surface area contributed by atoms with E-state index in [1.165, 1.54) is 18.9 Å².